The summed E-state index contributed by atoms with van der Waals surface area (Å²) in [5.41, 5.74) is 0.830. The number of hydrogen-bond acceptors (Lipinski definition) is 6. The van der Waals surface area contributed by atoms with Crippen LogP contribution < -0.4 is 10.1 Å². The lowest BCUT2D eigenvalue weighted by atomic mass is 9.92. The largest absolute Gasteiger partial charge is 0.496 e. The topological polar surface area (TPSA) is 84.9 Å². The Morgan fingerprint density at radius 3 is 2.24 bits per heavy atom. The molecule has 1 N–H and O–H groups in total. The summed E-state index contributed by atoms with van der Waals surface area (Å²) in [6.07, 6.45) is -0.726. The number of amides is 2. The van der Waals surface area contributed by atoms with Crippen LogP contribution in [0.5, 0.6) is 5.75 Å². The molecule has 0 bridgehead atoms. The lowest BCUT2D eigenvalue weighted by Gasteiger charge is -2.36. The van der Waals surface area contributed by atoms with Gasteiger partial charge in [-0.05, 0) is 39.0 Å². The summed E-state index contributed by atoms with van der Waals surface area (Å²) in [6.45, 7) is 11.0. The highest BCUT2D eigenvalue weighted by atomic mass is 16.6. The molecule has 7 nitrogen and oxygen atoms in total. The molecule has 0 spiro atoms. The maximum absolute atomic E-state index is 12.8. The van der Waals surface area contributed by atoms with Crippen molar-refractivity contribution in [2.45, 2.75) is 60.0 Å². The highest BCUT2D eigenvalue weighted by molar-refractivity contribution is 5.98. The monoisotopic (exact) mass is 468 g/mol. The Hall–Kier alpha value is -3.35. The molecule has 0 atom stereocenters. The first-order chi connectivity index (χ1) is 15.8. The van der Waals surface area contributed by atoms with Gasteiger partial charge in [-0.1, -0.05) is 51.1 Å². The van der Waals surface area contributed by atoms with E-state index in [4.69, 9.17) is 9.47 Å². The van der Waals surface area contributed by atoms with Gasteiger partial charge in [-0.25, -0.2) is 9.69 Å². The van der Waals surface area contributed by atoms with Crippen LogP contribution in [-0.2, 0) is 16.1 Å². The van der Waals surface area contributed by atoms with Crippen LogP contribution in [0.1, 0.15) is 63.9 Å². The predicted molar refractivity (Wildman–Crippen MR) is 133 cm³/mol. The summed E-state index contributed by atoms with van der Waals surface area (Å²) < 4.78 is 10.7. The molecular weight excluding hydrogens is 432 g/mol. The number of rotatable bonds is 8. The van der Waals surface area contributed by atoms with Crippen molar-refractivity contribution in [1.29, 1.82) is 0 Å². The summed E-state index contributed by atoms with van der Waals surface area (Å²) in [4.78, 5) is 39.2. The van der Waals surface area contributed by atoms with Gasteiger partial charge in [0.05, 0.1) is 7.11 Å². The first kappa shape index (κ1) is 26.9. The van der Waals surface area contributed by atoms with Crippen molar-refractivity contribution in [2.75, 3.05) is 19.0 Å². The van der Waals surface area contributed by atoms with Gasteiger partial charge < -0.3 is 14.8 Å². The molecule has 0 saturated carbocycles. The number of hydrogen-bond donors (Lipinski definition) is 1. The molecule has 0 aromatic heterocycles. The van der Waals surface area contributed by atoms with Gasteiger partial charge in [0.2, 0.25) is 5.91 Å². The fourth-order valence-electron chi connectivity index (χ4n) is 3.29. The fraction of sp³-hybridized carbons (Fsp3) is 0.444. The average molecular weight is 469 g/mol. The van der Waals surface area contributed by atoms with Gasteiger partial charge in [0, 0.05) is 40.7 Å². The van der Waals surface area contributed by atoms with Gasteiger partial charge in [0.25, 0.3) is 0 Å². The number of nitrogens with one attached hydrogen (secondary N) is 1. The minimum absolute atomic E-state index is 0.0173. The Balaban J connectivity index is 1.97. The number of ketones is 1. The maximum Gasteiger partial charge on any atom is 0.417 e. The summed E-state index contributed by atoms with van der Waals surface area (Å²) in [5.74, 6) is 0.307. The molecule has 2 rings (SSSR count). The van der Waals surface area contributed by atoms with E-state index >= 15 is 0 Å². The molecule has 34 heavy (non-hydrogen) atoms. The molecule has 0 heterocycles. The number of ether oxygens (including phenoxy) is 2. The Bertz CT molecular complexity index is 1020. The van der Waals surface area contributed by atoms with Crippen LogP contribution in [0.25, 0.3) is 0 Å². The third kappa shape index (κ3) is 7.33. The normalized spacial score (nSPS) is 11.5. The number of para-hydroxylation sites is 1. The molecule has 184 valence electrons. The van der Waals surface area contributed by atoms with E-state index in [1.807, 2.05) is 30.3 Å². The van der Waals surface area contributed by atoms with E-state index in [2.05, 4.69) is 5.32 Å². The number of methoxy groups -OCH3 is 1. The van der Waals surface area contributed by atoms with Crippen molar-refractivity contribution < 1.29 is 23.9 Å². The zero-order valence-electron chi connectivity index (χ0n) is 21.2. The Morgan fingerprint density at radius 2 is 1.62 bits per heavy atom. The minimum Gasteiger partial charge on any atom is -0.496 e. The van der Waals surface area contributed by atoms with E-state index < -0.39 is 17.0 Å². The molecule has 0 radical (unpaired) electrons. The standard InChI is InChI=1S/C27H36N2O5/c1-26(2,3)24(31)29(27(4,5)6)25(32)34-16-15-22(30)19-12-10-13-21(17-19)28-18-20-11-8-9-14-23(20)33-7/h8-14,17,28H,15-16,18H2,1-7H3. The zero-order chi connectivity index (χ0) is 25.5. The molecule has 0 aliphatic carbocycles. The van der Waals surface area contributed by atoms with Crippen LogP contribution >= 0.6 is 0 Å². The number of anilines is 1. The van der Waals surface area contributed by atoms with Gasteiger partial charge in [0.15, 0.2) is 5.78 Å². The zero-order valence-corrected chi connectivity index (χ0v) is 21.2. The van der Waals surface area contributed by atoms with Crippen molar-refractivity contribution in [1.82, 2.24) is 4.90 Å². The highest BCUT2D eigenvalue weighted by Crippen LogP contribution is 2.25. The van der Waals surface area contributed by atoms with Crippen molar-refractivity contribution >= 4 is 23.5 Å². The van der Waals surface area contributed by atoms with Gasteiger partial charge in [-0.3, -0.25) is 9.59 Å². The van der Waals surface area contributed by atoms with Crippen molar-refractivity contribution in [3.63, 3.8) is 0 Å². The van der Waals surface area contributed by atoms with Crippen molar-refractivity contribution in [2.24, 2.45) is 5.41 Å². The van der Waals surface area contributed by atoms with E-state index in [0.29, 0.717) is 12.1 Å². The Kier molecular flexibility index (Phi) is 8.85. The van der Waals surface area contributed by atoms with Gasteiger partial charge in [-0.2, -0.15) is 0 Å². The molecule has 0 aliphatic heterocycles. The molecular formula is C27H36N2O5. The second-order valence-electron chi connectivity index (χ2n) is 10.1. The van der Waals surface area contributed by atoms with Gasteiger partial charge in [-0.15, -0.1) is 0 Å². The maximum atomic E-state index is 12.8. The van der Waals surface area contributed by atoms with Crippen LogP contribution in [-0.4, -0.2) is 41.9 Å². The Labute approximate surface area is 202 Å². The lowest BCUT2D eigenvalue weighted by Crippen LogP contribution is -2.53. The second kappa shape index (κ2) is 11.2. The first-order valence-corrected chi connectivity index (χ1v) is 11.3. The number of Topliss-reactive ketones (excluding diaryl/α,β-unsaturated/α-hetero) is 1. The molecule has 0 unspecified atom stereocenters. The lowest BCUT2D eigenvalue weighted by molar-refractivity contribution is -0.141. The van der Waals surface area contributed by atoms with E-state index in [9.17, 15) is 14.4 Å². The quantitative estimate of drug-likeness (QED) is 0.501. The van der Waals surface area contributed by atoms with Crippen LogP contribution in [0.4, 0.5) is 10.5 Å². The second-order valence-corrected chi connectivity index (χ2v) is 10.1. The third-order valence-electron chi connectivity index (χ3n) is 5.11. The van der Waals surface area contributed by atoms with Crippen LogP contribution in [0.15, 0.2) is 48.5 Å². The predicted octanol–water partition coefficient (Wildman–Crippen LogP) is 5.69. The SMILES string of the molecule is COc1ccccc1CNc1cccc(C(=O)CCOC(=O)N(C(=O)C(C)(C)C)C(C)(C)C)c1. The van der Waals surface area contributed by atoms with Crippen molar-refractivity contribution in [3.05, 3.63) is 59.7 Å². The van der Waals surface area contributed by atoms with E-state index in [0.717, 1.165) is 21.9 Å². The Morgan fingerprint density at radius 1 is 0.941 bits per heavy atom. The molecule has 0 fully saturated rings. The molecule has 0 aliphatic rings. The fourth-order valence-corrected chi connectivity index (χ4v) is 3.29. The van der Waals surface area contributed by atoms with Crippen LogP contribution in [0, 0.1) is 5.41 Å². The van der Waals surface area contributed by atoms with E-state index in [1.54, 1.807) is 66.9 Å². The number of carbonyl (C=O) groups is 3. The van der Waals surface area contributed by atoms with Crippen LogP contribution in [0.2, 0.25) is 0 Å². The molecule has 7 heteroatoms. The molecule has 0 saturated heterocycles. The smallest absolute Gasteiger partial charge is 0.417 e. The summed E-state index contributed by atoms with van der Waals surface area (Å²) in [7, 11) is 1.63. The number of imide groups is 1. The molecule has 2 amide bonds. The number of benzene rings is 2. The average Bonchev–Trinajstić information content (AvgIpc) is 2.76. The van der Waals surface area contributed by atoms with Gasteiger partial charge >= 0.3 is 6.09 Å². The molecule has 2 aromatic carbocycles. The number of nitrogens with zero attached hydrogens (tertiary/aromatic N) is 1. The highest BCUT2D eigenvalue weighted by Gasteiger charge is 2.39. The number of carbonyl (C=O) groups excluding carboxylic acids is 3. The van der Waals surface area contributed by atoms with Gasteiger partial charge in [0.1, 0.15) is 12.4 Å². The van der Waals surface area contributed by atoms with E-state index in [1.165, 1.54) is 0 Å². The summed E-state index contributed by atoms with van der Waals surface area (Å²) in [6, 6.07) is 14.9. The molecule has 2 aromatic rings. The first-order valence-electron chi connectivity index (χ1n) is 11.3. The minimum atomic E-state index is -0.743. The van der Waals surface area contributed by atoms with Crippen LogP contribution in [0.3, 0.4) is 0 Å². The summed E-state index contributed by atoms with van der Waals surface area (Å²) in [5, 5.41) is 3.30. The van der Waals surface area contributed by atoms with E-state index in [-0.39, 0.29) is 24.7 Å². The third-order valence-corrected chi connectivity index (χ3v) is 5.11. The van der Waals surface area contributed by atoms with Crippen molar-refractivity contribution in [3.8, 4) is 5.75 Å². The summed E-state index contributed by atoms with van der Waals surface area (Å²) >= 11 is 0.